The van der Waals surface area contributed by atoms with Crippen molar-refractivity contribution in [3.05, 3.63) is 65.9 Å². The molecule has 0 spiro atoms. The lowest BCUT2D eigenvalue weighted by Crippen LogP contribution is -2.46. The van der Waals surface area contributed by atoms with Gasteiger partial charge in [-0.2, -0.15) is 0 Å². The number of anilines is 1. The van der Waals surface area contributed by atoms with E-state index in [9.17, 15) is 0 Å². The van der Waals surface area contributed by atoms with Crippen LogP contribution in [0.5, 0.6) is 5.75 Å². The maximum Gasteiger partial charge on any atom is 0.142 e. The monoisotopic (exact) mass is 486 g/mol. The molecule has 0 radical (unpaired) electrons. The summed E-state index contributed by atoms with van der Waals surface area (Å²) in [5, 5.41) is 1.36. The van der Waals surface area contributed by atoms with Crippen LogP contribution in [0.1, 0.15) is 43.2 Å². The number of methoxy groups -OCH3 is 1. The summed E-state index contributed by atoms with van der Waals surface area (Å²) in [5.74, 6) is 0.986. The van der Waals surface area contributed by atoms with Gasteiger partial charge in [0.15, 0.2) is 0 Å². The third-order valence-electron chi connectivity index (χ3n) is 7.97. The van der Waals surface area contributed by atoms with Crippen LogP contribution in [0.2, 0.25) is 0 Å². The van der Waals surface area contributed by atoms with Crippen molar-refractivity contribution >= 4 is 22.2 Å². The van der Waals surface area contributed by atoms with Gasteiger partial charge in [0.25, 0.3) is 0 Å². The number of para-hydroxylation sites is 2. The van der Waals surface area contributed by atoms with Gasteiger partial charge in [0.2, 0.25) is 0 Å². The van der Waals surface area contributed by atoms with E-state index in [0.717, 1.165) is 44.9 Å². The largest absolute Gasteiger partial charge is 0.495 e. The molecule has 3 aromatic rings. The topological polar surface area (TPSA) is 34.7 Å². The fourth-order valence-corrected chi connectivity index (χ4v) is 5.79. The zero-order chi connectivity index (χ0) is 24.7. The van der Waals surface area contributed by atoms with Crippen LogP contribution in [-0.2, 0) is 0 Å². The van der Waals surface area contributed by atoms with E-state index in [1.54, 1.807) is 7.11 Å². The quantitative estimate of drug-likeness (QED) is 0.359. The van der Waals surface area contributed by atoms with E-state index < -0.39 is 0 Å². The number of nitrogens with zero attached hydrogens (tertiary/aromatic N) is 3. The Bertz CT molecular complexity index is 1160. The number of benzene rings is 2. The maximum atomic E-state index is 5.55. The summed E-state index contributed by atoms with van der Waals surface area (Å²) in [6.45, 7) is 11.4. The summed E-state index contributed by atoms with van der Waals surface area (Å²) in [6.07, 6.45) is 11.1. The molecule has 5 heteroatoms. The second-order valence-electron chi connectivity index (χ2n) is 10.4. The molecule has 1 N–H and O–H groups in total. The first-order valence-electron chi connectivity index (χ1n) is 13.8. The van der Waals surface area contributed by atoms with Gasteiger partial charge in [-0.25, -0.2) is 0 Å². The summed E-state index contributed by atoms with van der Waals surface area (Å²) in [6, 6.07) is 15.1. The van der Waals surface area contributed by atoms with Gasteiger partial charge in [0, 0.05) is 61.9 Å². The Kier molecular flexibility index (Phi) is 8.29. The summed E-state index contributed by atoms with van der Waals surface area (Å²) >= 11 is 0. The molecule has 0 amide bonds. The van der Waals surface area contributed by atoms with Crippen LogP contribution in [0.15, 0.2) is 54.7 Å². The van der Waals surface area contributed by atoms with Crippen molar-refractivity contribution in [1.29, 1.82) is 0 Å². The Morgan fingerprint density at radius 2 is 1.64 bits per heavy atom. The second-order valence-corrected chi connectivity index (χ2v) is 10.4. The average Bonchev–Trinajstić information content (AvgIpc) is 3.34. The lowest BCUT2D eigenvalue weighted by molar-refractivity contribution is 0.249. The molecule has 5 rings (SSSR count). The number of hydrogen-bond acceptors (Lipinski definition) is 4. The molecule has 1 saturated heterocycles. The number of ether oxygens (including phenoxy) is 1. The van der Waals surface area contributed by atoms with E-state index in [2.05, 4.69) is 75.3 Å². The average molecular weight is 487 g/mol. The van der Waals surface area contributed by atoms with E-state index in [-0.39, 0.29) is 0 Å². The molecular formula is C31H42N4O. The molecule has 5 nitrogen and oxygen atoms in total. The van der Waals surface area contributed by atoms with Crippen molar-refractivity contribution < 1.29 is 4.74 Å². The Labute approximate surface area is 216 Å². The Hall–Kier alpha value is -2.76. The first kappa shape index (κ1) is 24.9. The minimum absolute atomic E-state index is 0.986. The van der Waals surface area contributed by atoms with E-state index in [1.807, 2.05) is 6.07 Å². The van der Waals surface area contributed by atoms with Gasteiger partial charge in [0.05, 0.1) is 12.8 Å². The van der Waals surface area contributed by atoms with Crippen molar-refractivity contribution in [3.8, 4) is 5.75 Å². The zero-order valence-electron chi connectivity index (χ0n) is 22.1. The predicted molar refractivity (Wildman–Crippen MR) is 152 cm³/mol. The van der Waals surface area contributed by atoms with Crippen molar-refractivity contribution in [3.63, 3.8) is 0 Å². The molecule has 1 fully saturated rings. The zero-order valence-corrected chi connectivity index (χ0v) is 22.1. The lowest BCUT2D eigenvalue weighted by atomic mass is 9.98. The Balaban J connectivity index is 0.966. The number of unbranched alkanes of at least 4 members (excludes halogenated alkanes) is 3. The highest BCUT2D eigenvalue weighted by atomic mass is 16.5. The molecule has 3 heterocycles. The molecule has 2 aliphatic rings. The number of aryl methyl sites for hydroxylation is 1. The SMILES string of the molecule is COc1ccccc1N1CCN(CCCCCCN2CC=C(c3c[nH]c4cc(C)ccc34)CC2)CC1. The number of aromatic nitrogens is 1. The van der Waals surface area contributed by atoms with Crippen molar-refractivity contribution in [2.24, 2.45) is 0 Å². The summed E-state index contributed by atoms with van der Waals surface area (Å²) in [7, 11) is 1.76. The molecule has 36 heavy (non-hydrogen) atoms. The summed E-state index contributed by atoms with van der Waals surface area (Å²) in [4.78, 5) is 11.2. The van der Waals surface area contributed by atoms with Crippen molar-refractivity contribution in [2.75, 3.05) is 64.4 Å². The van der Waals surface area contributed by atoms with Gasteiger partial charge in [-0.1, -0.05) is 43.2 Å². The van der Waals surface area contributed by atoms with Crippen LogP contribution in [0.3, 0.4) is 0 Å². The Morgan fingerprint density at radius 3 is 2.39 bits per heavy atom. The van der Waals surface area contributed by atoms with Gasteiger partial charge in [-0.3, -0.25) is 9.80 Å². The highest BCUT2D eigenvalue weighted by Crippen LogP contribution is 2.30. The smallest absolute Gasteiger partial charge is 0.142 e. The molecule has 0 aliphatic carbocycles. The number of fused-ring (bicyclic) bond motifs is 1. The number of rotatable bonds is 10. The van der Waals surface area contributed by atoms with Gasteiger partial charge in [-0.15, -0.1) is 0 Å². The summed E-state index contributed by atoms with van der Waals surface area (Å²) in [5.41, 5.74) is 6.70. The molecule has 0 unspecified atom stereocenters. The number of aromatic amines is 1. The molecule has 0 saturated carbocycles. The molecular weight excluding hydrogens is 444 g/mol. The number of hydrogen-bond donors (Lipinski definition) is 1. The van der Waals surface area contributed by atoms with Crippen LogP contribution in [-0.4, -0.2) is 74.3 Å². The number of piperazine rings is 1. The standard InChI is InChI=1S/C31H42N4O/c1-25-11-12-27-28(24-32-29(27)23-25)26-13-17-33(18-14-26)15-7-3-4-8-16-34-19-21-35(22-20-34)30-9-5-6-10-31(30)36-2/h5-6,9-13,23-24,32H,3-4,7-8,14-22H2,1-2H3. The molecule has 2 aromatic carbocycles. The van der Waals surface area contributed by atoms with Crippen LogP contribution in [0.4, 0.5) is 5.69 Å². The molecule has 2 aliphatic heterocycles. The third-order valence-corrected chi connectivity index (χ3v) is 7.97. The number of nitrogens with one attached hydrogen (secondary N) is 1. The van der Waals surface area contributed by atoms with E-state index in [0.29, 0.717) is 0 Å². The second kappa shape index (κ2) is 12.0. The van der Waals surface area contributed by atoms with Crippen molar-refractivity contribution in [1.82, 2.24) is 14.8 Å². The molecule has 0 atom stereocenters. The minimum atomic E-state index is 0.986. The Morgan fingerprint density at radius 1 is 0.861 bits per heavy atom. The van der Waals surface area contributed by atoms with Crippen LogP contribution in [0, 0.1) is 6.92 Å². The third kappa shape index (κ3) is 5.96. The van der Waals surface area contributed by atoms with E-state index >= 15 is 0 Å². The van der Waals surface area contributed by atoms with E-state index in [1.165, 1.54) is 78.6 Å². The maximum absolute atomic E-state index is 5.55. The number of H-pyrrole nitrogens is 1. The highest BCUT2D eigenvalue weighted by molar-refractivity contribution is 5.93. The molecule has 192 valence electrons. The highest BCUT2D eigenvalue weighted by Gasteiger charge is 2.19. The van der Waals surface area contributed by atoms with Crippen LogP contribution < -0.4 is 9.64 Å². The minimum Gasteiger partial charge on any atom is -0.495 e. The predicted octanol–water partition coefficient (Wildman–Crippen LogP) is 5.96. The molecule has 0 bridgehead atoms. The van der Waals surface area contributed by atoms with Crippen molar-refractivity contribution in [2.45, 2.75) is 39.0 Å². The molecule has 1 aromatic heterocycles. The van der Waals surface area contributed by atoms with Crippen LogP contribution >= 0.6 is 0 Å². The summed E-state index contributed by atoms with van der Waals surface area (Å²) < 4.78 is 5.55. The normalized spacial score (nSPS) is 17.5. The fourth-order valence-electron chi connectivity index (χ4n) is 5.79. The van der Waals surface area contributed by atoms with Crippen LogP contribution in [0.25, 0.3) is 16.5 Å². The fraction of sp³-hybridized carbons (Fsp3) is 0.484. The van der Waals surface area contributed by atoms with Gasteiger partial charge in [0.1, 0.15) is 5.75 Å². The van der Waals surface area contributed by atoms with Gasteiger partial charge in [-0.05, 0) is 68.6 Å². The van der Waals surface area contributed by atoms with Gasteiger partial charge < -0.3 is 14.6 Å². The van der Waals surface area contributed by atoms with Gasteiger partial charge >= 0.3 is 0 Å². The lowest BCUT2D eigenvalue weighted by Gasteiger charge is -2.36. The van der Waals surface area contributed by atoms with E-state index in [4.69, 9.17) is 4.74 Å². The first-order chi connectivity index (χ1) is 17.7. The first-order valence-corrected chi connectivity index (χ1v) is 13.8.